The highest BCUT2D eigenvalue weighted by molar-refractivity contribution is 5.81. The van der Waals surface area contributed by atoms with Gasteiger partial charge >= 0.3 is 0 Å². The molecule has 0 amide bonds. The van der Waals surface area contributed by atoms with Crippen LogP contribution in [0.3, 0.4) is 0 Å². The first-order valence-electron chi connectivity index (χ1n) is 5.53. The van der Waals surface area contributed by atoms with E-state index >= 15 is 0 Å². The Bertz CT molecular complexity index is 419. The van der Waals surface area contributed by atoms with Crippen LogP contribution >= 0.6 is 0 Å². The minimum absolute atomic E-state index is 0.916. The molecule has 15 heavy (non-hydrogen) atoms. The summed E-state index contributed by atoms with van der Waals surface area (Å²) in [5, 5.41) is 11.7. The number of hydrogen-bond acceptors (Lipinski definition) is 2. The second-order valence-corrected chi connectivity index (χ2v) is 3.78. The molecule has 0 spiro atoms. The van der Waals surface area contributed by atoms with Gasteiger partial charge in [0.05, 0.1) is 11.7 Å². The maximum absolute atomic E-state index is 4.05. The zero-order chi connectivity index (χ0) is 10.5. The number of H-pyrrole nitrogens is 1. The molecule has 0 aliphatic heterocycles. The predicted molar refractivity (Wildman–Crippen MR) is 62.7 cm³/mol. The van der Waals surface area contributed by atoms with Gasteiger partial charge in [-0.15, -0.1) is 0 Å². The molecule has 0 fully saturated rings. The van der Waals surface area contributed by atoms with Crippen LogP contribution in [-0.2, 0) is 6.54 Å². The molecule has 2 N–H and O–H groups in total. The average Bonchev–Trinajstić information content (AvgIpc) is 2.73. The van der Waals surface area contributed by atoms with Gasteiger partial charge < -0.3 is 5.32 Å². The van der Waals surface area contributed by atoms with Crippen LogP contribution in [-0.4, -0.2) is 16.7 Å². The Labute approximate surface area is 89.9 Å². The number of aromatic amines is 1. The minimum Gasteiger partial charge on any atom is -0.313 e. The van der Waals surface area contributed by atoms with Crippen molar-refractivity contribution >= 4 is 10.9 Å². The van der Waals surface area contributed by atoms with E-state index in [0.717, 1.165) is 18.6 Å². The number of para-hydroxylation sites is 1. The van der Waals surface area contributed by atoms with Crippen molar-refractivity contribution < 1.29 is 0 Å². The first kappa shape index (κ1) is 10.2. The lowest BCUT2D eigenvalue weighted by atomic mass is 10.1. The van der Waals surface area contributed by atoms with Crippen LogP contribution in [0.2, 0.25) is 0 Å². The highest BCUT2D eigenvalue weighted by atomic mass is 15.1. The monoisotopic (exact) mass is 203 g/mol. The molecule has 0 unspecified atom stereocenters. The zero-order valence-electron chi connectivity index (χ0n) is 9.09. The molecule has 0 saturated carbocycles. The number of unbranched alkanes of at least 4 members (excludes halogenated alkanes) is 1. The number of aromatic nitrogens is 2. The average molecular weight is 203 g/mol. The molecule has 0 aliphatic rings. The first-order chi connectivity index (χ1) is 7.42. The zero-order valence-corrected chi connectivity index (χ0v) is 9.09. The number of hydrogen-bond donors (Lipinski definition) is 2. The first-order valence-corrected chi connectivity index (χ1v) is 5.53. The molecule has 0 radical (unpaired) electrons. The Morgan fingerprint density at radius 2 is 2.33 bits per heavy atom. The van der Waals surface area contributed by atoms with Gasteiger partial charge in [-0.3, -0.25) is 5.10 Å². The largest absolute Gasteiger partial charge is 0.313 e. The van der Waals surface area contributed by atoms with E-state index in [2.05, 4.69) is 40.6 Å². The third-order valence-electron chi connectivity index (χ3n) is 2.59. The van der Waals surface area contributed by atoms with E-state index in [0.29, 0.717) is 0 Å². The van der Waals surface area contributed by atoms with E-state index in [1.165, 1.54) is 23.8 Å². The quantitative estimate of drug-likeness (QED) is 0.733. The van der Waals surface area contributed by atoms with Crippen molar-refractivity contribution in [2.45, 2.75) is 26.3 Å². The highest BCUT2D eigenvalue weighted by Crippen LogP contribution is 2.14. The van der Waals surface area contributed by atoms with E-state index in [9.17, 15) is 0 Å². The fraction of sp³-hybridized carbons (Fsp3) is 0.417. The van der Waals surface area contributed by atoms with E-state index < -0.39 is 0 Å². The summed E-state index contributed by atoms with van der Waals surface area (Å²) >= 11 is 0. The molecule has 80 valence electrons. The highest BCUT2D eigenvalue weighted by Gasteiger charge is 2.01. The summed E-state index contributed by atoms with van der Waals surface area (Å²) in [6.45, 7) is 4.21. The molecule has 0 bridgehead atoms. The fourth-order valence-corrected chi connectivity index (χ4v) is 1.70. The van der Waals surface area contributed by atoms with E-state index in [-0.39, 0.29) is 0 Å². The lowest BCUT2D eigenvalue weighted by molar-refractivity contribution is 0.643. The van der Waals surface area contributed by atoms with Crippen LogP contribution < -0.4 is 5.32 Å². The molecular weight excluding hydrogens is 186 g/mol. The molecule has 3 nitrogen and oxygen atoms in total. The van der Waals surface area contributed by atoms with Gasteiger partial charge in [0.25, 0.3) is 0 Å². The molecular formula is C12H17N3. The number of nitrogens with one attached hydrogen (secondary N) is 2. The standard InChI is InChI=1S/C12H17N3/c1-2-3-7-13-8-10-5-4-6-11-9-14-15-12(10)11/h4-6,9,13H,2-3,7-8H2,1H3,(H,14,15). The van der Waals surface area contributed by atoms with Crippen molar-refractivity contribution in [2.75, 3.05) is 6.54 Å². The summed E-state index contributed by atoms with van der Waals surface area (Å²) in [5.74, 6) is 0. The topological polar surface area (TPSA) is 40.7 Å². The maximum Gasteiger partial charge on any atom is 0.0695 e. The van der Waals surface area contributed by atoms with Gasteiger partial charge in [-0.25, -0.2) is 0 Å². The summed E-state index contributed by atoms with van der Waals surface area (Å²) < 4.78 is 0. The van der Waals surface area contributed by atoms with Crippen LogP contribution in [0.1, 0.15) is 25.3 Å². The van der Waals surface area contributed by atoms with Crippen molar-refractivity contribution in [3.8, 4) is 0 Å². The van der Waals surface area contributed by atoms with E-state index in [1.807, 2.05) is 6.20 Å². The number of rotatable bonds is 5. The van der Waals surface area contributed by atoms with E-state index in [4.69, 9.17) is 0 Å². The summed E-state index contributed by atoms with van der Waals surface area (Å²) in [6.07, 6.45) is 4.34. The van der Waals surface area contributed by atoms with Crippen LogP contribution in [0.15, 0.2) is 24.4 Å². The normalized spacial score (nSPS) is 11.0. The molecule has 0 saturated heterocycles. The van der Waals surface area contributed by atoms with Crippen molar-refractivity contribution in [3.05, 3.63) is 30.0 Å². The molecule has 0 aliphatic carbocycles. The minimum atomic E-state index is 0.916. The fourth-order valence-electron chi connectivity index (χ4n) is 1.70. The molecule has 2 rings (SSSR count). The number of benzene rings is 1. The Hall–Kier alpha value is -1.35. The number of fused-ring (bicyclic) bond motifs is 1. The van der Waals surface area contributed by atoms with Gasteiger partial charge in [-0.1, -0.05) is 31.5 Å². The Morgan fingerprint density at radius 1 is 1.40 bits per heavy atom. The molecule has 2 aromatic rings. The van der Waals surface area contributed by atoms with Crippen LogP contribution in [0.4, 0.5) is 0 Å². The summed E-state index contributed by atoms with van der Waals surface area (Å²) in [7, 11) is 0. The van der Waals surface area contributed by atoms with Crippen molar-refractivity contribution in [2.24, 2.45) is 0 Å². The Kier molecular flexibility index (Phi) is 3.35. The second-order valence-electron chi connectivity index (χ2n) is 3.78. The van der Waals surface area contributed by atoms with Gasteiger partial charge in [-0.05, 0) is 18.5 Å². The summed E-state index contributed by atoms with van der Waals surface area (Å²) in [5.41, 5.74) is 2.45. The SMILES string of the molecule is CCCCNCc1cccc2cn[nH]c12. The molecule has 3 heteroatoms. The van der Waals surface area contributed by atoms with Crippen molar-refractivity contribution in [3.63, 3.8) is 0 Å². The summed E-state index contributed by atoms with van der Waals surface area (Å²) in [4.78, 5) is 0. The third kappa shape index (κ3) is 2.36. The molecule has 1 heterocycles. The van der Waals surface area contributed by atoms with E-state index in [1.54, 1.807) is 0 Å². The summed E-state index contributed by atoms with van der Waals surface area (Å²) in [6, 6.07) is 6.29. The van der Waals surface area contributed by atoms with Crippen LogP contribution in [0.5, 0.6) is 0 Å². The van der Waals surface area contributed by atoms with Gasteiger partial charge in [-0.2, -0.15) is 5.10 Å². The van der Waals surface area contributed by atoms with Gasteiger partial charge in [0, 0.05) is 11.9 Å². The maximum atomic E-state index is 4.05. The van der Waals surface area contributed by atoms with Gasteiger partial charge in [0.1, 0.15) is 0 Å². The smallest absolute Gasteiger partial charge is 0.0695 e. The Balaban J connectivity index is 2.04. The van der Waals surface area contributed by atoms with Gasteiger partial charge in [0.2, 0.25) is 0 Å². The van der Waals surface area contributed by atoms with Crippen molar-refractivity contribution in [1.29, 1.82) is 0 Å². The molecule has 0 atom stereocenters. The van der Waals surface area contributed by atoms with Crippen LogP contribution in [0.25, 0.3) is 10.9 Å². The number of nitrogens with zero attached hydrogens (tertiary/aromatic N) is 1. The lowest BCUT2D eigenvalue weighted by Gasteiger charge is -2.04. The Morgan fingerprint density at radius 3 is 3.20 bits per heavy atom. The predicted octanol–water partition coefficient (Wildman–Crippen LogP) is 2.45. The van der Waals surface area contributed by atoms with Gasteiger partial charge in [0.15, 0.2) is 0 Å². The lowest BCUT2D eigenvalue weighted by Crippen LogP contribution is -2.14. The third-order valence-corrected chi connectivity index (χ3v) is 2.59. The van der Waals surface area contributed by atoms with Crippen molar-refractivity contribution in [1.82, 2.24) is 15.5 Å². The van der Waals surface area contributed by atoms with Crippen LogP contribution in [0, 0.1) is 0 Å². The second kappa shape index (κ2) is 4.94. The molecule has 1 aromatic heterocycles. The molecule has 1 aromatic carbocycles.